The van der Waals surface area contributed by atoms with E-state index in [-0.39, 0.29) is 11.6 Å². The monoisotopic (exact) mass is 229 g/mol. The molecule has 1 aliphatic heterocycles. The van der Waals surface area contributed by atoms with Crippen LogP contribution < -0.4 is 5.32 Å². The molecule has 0 bridgehead atoms. The Kier molecular flexibility index (Phi) is 5.22. The van der Waals surface area contributed by atoms with Crippen molar-refractivity contribution in [2.45, 2.75) is 51.7 Å². The summed E-state index contributed by atoms with van der Waals surface area (Å²) in [5.41, 5.74) is -0.167. The zero-order valence-corrected chi connectivity index (χ0v) is 10.5. The number of hydrogen-bond acceptors (Lipinski definition) is 4. The third kappa shape index (κ3) is 6.08. The van der Waals surface area contributed by atoms with Gasteiger partial charge in [-0.1, -0.05) is 0 Å². The van der Waals surface area contributed by atoms with E-state index in [0.717, 1.165) is 19.4 Å². The van der Waals surface area contributed by atoms with Crippen molar-refractivity contribution in [1.82, 2.24) is 5.32 Å². The molecule has 0 spiro atoms. The fraction of sp³-hybridized carbons (Fsp3) is 0.917. The highest BCUT2D eigenvalue weighted by Crippen LogP contribution is 2.09. The van der Waals surface area contributed by atoms with Gasteiger partial charge < -0.3 is 14.8 Å². The number of nitrogens with one attached hydrogen (secondary N) is 1. The van der Waals surface area contributed by atoms with E-state index in [4.69, 9.17) is 9.47 Å². The Morgan fingerprint density at radius 3 is 2.69 bits per heavy atom. The minimum Gasteiger partial charge on any atom is -0.463 e. The van der Waals surface area contributed by atoms with Gasteiger partial charge >= 0.3 is 5.97 Å². The highest BCUT2D eigenvalue weighted by atomic mass is 16.6. The summed E-state index contributed by atoms with van der Waals surface area (Å²) in [4.78, 5) is 11.4. The fourth-order valence-electron chi connectivity index (χ4n) is 1.69. The normalized spacial score (nSPS) is 21.1. The van der Waals surface area contributed by atoms with Crippen LogP contribution in [0, 0.1) is 0 Å². The van der Waals surface area contributed by atoms with Crippen molar-refractivity contribution in [3.05, 3.63) is 0 Å². The molecule has 1 rings (SSSR count). The summed E-state index contributed by atoms with van der Waals surface area (Å²) in [7, 11) is 0. The van der Waals surface area contributed by atoms with Crippen LogP contribution in [0.5, 0.6) is 0 Å². The molecule has 0 aromatic heterocycles. The van der Waals surface area contributed by atoms with E-state index in [0.29, 0.717) is 25.7 Å². The zero-order valence-electron chi connectivity index (χ0n) is 10.5. The van der Waals surface area contributed by atoms with Crippen LogP contribution >= 0.6 is 0 Å². The van der Waals surface area contributed by atoms with Crippen molar-refractivity contribution >= 4 is 5.97 Å². The lowest BCUT2D eigenvalue weighted by atomic mass is 10.2. The number of hydrogen-bond donors (Lipinski definition) is 1. The molecule has 1 fully saturated rings. The van der Waals surface area contributed by atoms with E-state index in [1.54, 1.807) is 0 Å². The maximum absolute atomic E-state index is 11.4. The lowest BCUT2D eigenvalue weighted by molar-refractivity contribution is -0.147. The Morgan fingerprint density at radius 2 is 2.12 bits per heavy atom. The van der Waals surface area contributed by atoms with E-state index in [1.165, 1.54) is 0 Å². The van der Waals surface area contributed by atoms with E-state index in [9.17, 15) is 4.79 Å². The van der Waals surface area contributed by atoms with E-state index in [2.05, 4.69) is 5.32 Å². The van der Waals surface area contributed by atoms with Crippen molar-refractivity contribution < 1.29 is 14.3 Å². The summed E-state index contributed by atoms with van der Waals surface area (Å²) >= 11 is 0. The van der Waals surface area contributed by atoms with Crippen LogP contribution in [-0.4, -0.2) is 37.4 Å². The maximum Gasteiger partial charge on any atom is 0.307 e. The molecular formula is C12H23NO3. The Labute approximate surface area is 97.7 Å². The molecule has 4 nitrogen and oxygen atoms in total. The van der Waals surface area contributed by atoms with Crippen molar-refractivity contribution in [1.29, 1.82) is 0 Å². The number of rotatable bonds is 5. The zero-order chi connectivity index (χ0) is 12.0. The first-order valence-electron chi connectivity index (χ1n) is 6.00. The second kappa shape index (κ2) is 6.21. The topological polar surface area (TPSA) is 47.6 Å². The second-order valence-corrected chi connectivity index (χ2v) is 5.18. The summed E-state index contributed by atoms with van der Waals surface area (Å²) in [6.45, 7) is 7.78. The van der Waals surface area contributed by atoms with Crippen LogP contribution in [0.1, 0.15) is 40.0 Å². The molecular weight excluding hydrogens is 206 g/mol. The molecule has 4 heteroatoms. The average molecular weight is 229 g/mol. The number of carbonyl (C=O) groups excluding carboxylic acids is 1. The Hall–Kier alpha value is -0.610. The molecule has 1 atom stereocenters. The molecule has 0 aromatic carbocycles. The third-order valence-electron chi connectivity index (χ3n) is 2.46. The van der Waals surface area contributed by atoms with Crippen LogP contribution in [0.15, 0.2) is 0 Å². The van der Waals surface area contributed by atoms with Crippen LogP contribution in [0.25, 0.3) is 0 Å². The van der Waals surface area contributed by atoms with Gasteiger partial charge in [-0.25, -0.2) is 0 Å². The Balaban J connectivity index is 2.02. The summed E-state index contributed by atoms with van der Waals surface area (Å²) in [5.74, 6) is -0.128. The van der Waals surface area contributed by atoms with Gasteiger partial charge in [-0.2, -0.15) is 0 Å². The quantitative estimate of drug-likeness (QED) is 0.573. The van der Waals surface area contributed by atoms with Crippen LogP contribution in [-0.2, 0) is 14.3 Å². The molecule has 1 unspecified atom stereocenters. The minimum absolute atomic E-state index is 0.128. The van der Waals surface area contributed by atoms with Crippen LogP contribution in [0.2, 0.25) is 0 Å². The van der Waals surface area contributed by atoms with Crippen molar-refractivity contribution in [3.63, 3.8) is 0 Å². The first-order chi connectivity index (χ1) is 7.47. The molecule has 1 saturated heterocycles. The van der Waals surface area contributed by atoms with Gasteiger partial charge in [0.05, 0.1) is 18.6 Å². The summed E-state index contributed by atoms with van der Waals surface area (Å²) < 4.78 is 10.6. The molecule has 1 N–H and O–H groups in total. The van der Waals surface area contributed by atoms with Gasteiger partial charge in [0.2, 0.25) is 0 Å². The molecule has 0 amide bonds. The van der Waals surface area contributed by atoms with Crippen LogP contribution in [0.3, 0.4) is 0 Å². The van der Waals surface area contributed by atoms with Gasteiger partial charge in [-0.15, -0.1) is 0 Å². The second-order valence-electron chi connectivity index (χ2n) is 5.18. The van der Waals surface area contributed by atoms with Gasteiger partial charge in [-0.3, -0.25) is 4.79 Å². The molecule has 0 aliphatic carbocycles. The Morgan fingerprint density at radius 1 is 1.38 bits per heavy atom. The maximum atomic E-state index is 11.4. The van der Waals surface area contributed by atoms with Crippen molar-refractivity contribution in [2.75, 3.05) is 19.8 Å². The smallest absolute Gasteiger partial charge is 0.307 e. The molecule has 94 valence electrons. The van der Waals surface area contributed by atoms with E-state index < -0.39 is 0 Å². The van der Waals surface area contributed by atoms with Crippen molar-refractivity contribution in [3.8, 4) is 0 Å². The predicted octanol–water partition coefficient (Wildman–Crippen LogP) is 1.49. The van der Waals surface area contributed by atoms with Crippen LogP contribution in [0.4, 0.5) is 0 Å². The molecule has 1 heterocycles. The Bertz CT molecular complexity index is 217. The lowest BCUT2D eigenvalue weighted by Crippen LogP contribution is -2.27. The highest BCUT2D eigenvalue weighted by molar-refractivity contribution is 5.70. The largest absolute Gasteiger partial charge is 0.463 e. The standard InChI is InChI=1S/C12H23NO3/c1-12(2,3)16-8-7-15-11(14)9-10-5-4-6-13-10/h10,13H,4-9H2,1-3H3. The number of ether oxygens (including phenoxy) is 2. The van der Waals surface area contributed by atoms with Gasteiger partial charge in [-0.05, 0) is 40.2 Å². The lowest BCUT2D eigenvalue weighted by Gasteiger charge is -2.19. The summed E-state index contributed by atoms with van der Waals surface area (Å²) in [6, 6.07) is 0.316. The van der Waals surface area contributed by atoms with E-state index >= 15 is 0 Å². The third-order valence-corrected chi connectivity index (χ3v) is 2.46. The first-order valence-corrected chi connectivity index (χ1v) is 6.00. The summed E-state index contributed by atoms with van der Waals surface area (Å²) in [6.07, 6.45) is 2.72. The van der Waals surface area contributed by atoms with Crippen molar-refractivity contribution in [2.24, 2.45) is 0 Å². The highest BCUT2D eigenvalue weighted by Gasteiger charge is 2.18. The summed E-state index contributed by atoms with van der Waals surface area (Å²) in [5, 5.41) is 3.27. The SMILES string of the molecule is CC(C)(C)OCCOC(=O)CC1CCCN1. The predicted molar refractivity (Wildman–Crippen MR) is 62.3 cm³/mol. The average Bonchev–Trinajstić information content (AvgIpc) is 2.63. The van der Waals surface area contributed by atoms with E-state index in [1.807, 2.05) is 20.8 Å². The number of esters is 1. The first kappa shape index (κ1) is 13.5. The van der Waals surface area contributed by atoms with Gasteiger partial charge in [0.15, 0.2) is 0 Å². The van der Waals surface area contributed by atoms with Gasteiger partial charge in [0.25, 0.3) is 0 Å². The molecule has 0 aromatic rings. The molecule has 0 saturated carbocycles. The van der Waals surface area contributed by atoms with Gasteiger partial charge in [0, 0.05) is 6.04 Å². The molecule has 0 radical (unpaired) electrons. The fourth-order valence-corrected chi connectivity index (χ4v) is 1.69. The number of carbonyl (C=O) groups is 1. The molecule has 1 aliphatic rings. The molecule has 16 heavy (non-hydrogen) atoms. The minimum atomic E-state index is -0.167. The van der Waals surface area contributed by atoms with Gasteiger partial charge in [0.1, 0.15) is 6.61 Å².